The normalized spacial score (nSPS) is 14.3. The predicted molar refractivity (Wildman–Crippen MR) is 84.1 cm³/mol. The summed E-state index contributed by atoms with van der Waals surface area (Å²) < 4.78 is 5.07. The van der Waals surface area contributed by atoms with Crippen LogP contribution in [0.1, 0.15) is 55.5 Å². The molecule has 0 fully saturated rings. The molecule has 0 saturated heterocycles. The first-order chi connectivity index (χ1) is 10.1. The first-order valence-corrected chi connectivity index (χ1v) is 7.91. The number of carbonyl (C=O) groups excluding carboxylic acids is 2. The highest BCUT2D eigenvalue weighted by Crippen LogP contribution is 2.27. The number of hydrogen-bond donors (Lipinski definition) is 3. The quantitative estimate of drug-likeness (QED) is 0.696. The van der Waals surface area contributed by atoms with Crippen LogP contribution in [0.15, 0.2) is 11.4 Å². The summed E-state index contributed by atoms with van der Waals surface area (Å²) in [6.07, 6.45) is -2.67. The number of ketones is 1. The topological polar surface area (TPSA) is 95.9 Å². The van der Waals surface area contributed by atoms with E-state index in [-0.39, 0.29) is 18.7 Å². The Labute approximate surface area is 134 Å². The van der Waals surface area contributed by atoms with Crippen molar-refractivity contribution in [2.45, 2.75) is 51.9 Å². The van der Waals surface area contributed by atoms with Crippen molar-refractivity contribution >= 4 is 23.2 Å². The highest BCUT2D eigenvalue weighted by molar-refractivity contribution is 7.12. The minimum Gasteiger partial charge on any atom is -0.444 e. The second-order valence-corrected chi connectivity index (χ2v) is 6.91. The summed E-state index contributed by atoms with van der Waals surface area (Å²) in [6, 6.07) is 1.62. The van der Waals surface area contributed by atoms with Gasteiger partial charge in [0.05, 0.1) is 11.0 Å². The van der Waals surface area contributed by atoms with E-state index < -0.39 is 23.9 Å². The van der Waals surface area contributed by atoms with Gasteiger partial charge in [-0.05, 0) is 45.6 Å². The molecule has 0 bridgehead atoms. The maximum absolute atomic E-state index is 11.5. The maximum Gasteiger partial charge on any atom is 0.407 e. The van der Waals surface area contributed by atoms with Crippen LogP contribution in [0.4, 0.5) is 4.79 Å². The summed E-state index contributed by atoms with van der Waals surface area (Å²) in [4.78, 5) is 23.3. The van der Waals surface area contributed by atoms with E-state index in [2.05, 4.69) is 5.32 Å². The second kappa shape index (κ2) is 7.71. The number of amides is 1. The second-order valence-electron chi connectivity index (χ2n) is 5.99. The molecule has 22 heavy (non-hydrogen) atoms. The zero-order valence-corrected chi connectivity index (χ0v) is 14.1. The standard InChI is InChI=1S/C15H23NO5S/c1-9(17)13-10(6-8-22-13)12(19)11(18)5-7-16-14(20)21-15(2,3)4/h6,8,11-12,18-19H,5,7H2,1-4H3,(H,16,20). The molecule has 0 spiro atoms. The van der Waals surface area contributed by atoms with Gasteiger partial charge in [-0.15, -0.1) is 11.3 Å². The highest BCUT2D eigenvalue weighted by Gasteiger charge is 2.24. The Morgan fingerprint density at radius 3 is 2.55 bits per heavy atom. The van der Waals surface area contributed by atoms with Crippen LogP contribution in [0.2, 0.25) is 0 Å². The van der Waals surface area contributed by atoms with Gasteiger partial charge >= 0.3 is 6.09 Å². The van der Waals surface area contributed by atoms with Gasteiger partial charge < -0.3 is 20.3 Å². The average molecular weight is 329 g/mol. The van der Waals surface area contributed by atoms with Gasteiger partial charge in [0.1, 0.15) is 11.7 Å². The summed E-state index contributed by atoms with van der Waals surface area (Å²) in [5.74, 6) is -0.150. The van der Waals surface area contributed by atoms with Crippen molar-refractivity contribution in [1.82, 2.24) is 5.32 Å². The average Bonchev–Trinajstić information content (AvgIpc) is 2.84. The van der Waals surface area contributed by atoms with Crippen LogP contribution in [0.3, 0.4) is 0 Å². The molecule has 0 aliphatic carbocycles. The minimum absolute atomic E-state index is 0.146. The van der Waals surface area contributed by atoms with E-state index in [0.717, 1.165) is 0 Å². The third kappa shape index (κ3) is 5.75. The number of ether oxygens (including phenoxy) is 1. The van der Waals surface area contributed by atoms with E-state index in [1.807, 2.05) is 0 Å². The van der Waals surface area contributed by atoms with E-state index in [4.69, 9.17) is 4.74 Å². The molecular weight excluding hydrogens is 306 g/mol. The number of hydrogen-bond acceptors (Lipinski definition) is 6. The van der Waals surface area contributed by atoms with Crippen LogP contribution in [0, 0.1) is 0 Å². The van der Waals surface area contributed by atoms with Gasteiger partial charge in [-0.3, -0.25) is 4.79 Å². The van der Waals surface area contributed by atoms with E-state index in [1.165, 1.54) is 18.3 Å². The van der Waals surface area contributed by atoms with E-state index in [0.29, 0.717) is 10.4 Å². The van der Waals surface area contributed by atoms with E-state index >= 15 is 0 Å². The van der Waals surface area contributed by atoms with Gasteiger partial charge in [0.15, 0.2) is 5.78 Å². The van der Waals surface area contributed by atoms with Crippen molar-refractivity contribution in [1.29, 1.82) is 0 Å². The van der Waals surface area contributed by atoms with Crippen molar-refractivity contribution < 1.29 is 24.5 Å². The Morgan fingerprint density at radius 1 is 1.36 bits per heavy atom. The number of rotatable bonds is 6. The fourth-order valence-electron chi connectivity index (χ4n) is 1.84. The molecule has 1 heterocycles. The molecule has 3 N–H and O–H groups in total. The van der Waals surface area contributed by atoms with Gasteiger partial charge in [0.2, 0.25) is 0 Å². The van der Waals surface area contributed by atoms with Gasteiger partial charge in [-0.25, -0.2) is 4.79 Å². The zero-order valence-electron chi connectivity index (χ0n) is 13.3. The first kappa shape index (κ1) is 18.6. The Bertz CT molecular complexity index is 520. The molecule has 2 unspecified atom stereocenters. The number of carbonyl (C=O) groups is 2. The highest BCUT2D eigenvalue weighted by atomic mass is 32.1. The van der Waals surface area contributed by atoms with Crippen molar-refractivity contribution in [3.8, 4) is 0 Å². The lowest BCUT2D eigenvalue weighted by Gasteiger charge is -2.21. The molecule has 7 heteroatoms. The number of aliphatic hydroxyl groups is 2. The minimum atomic E-state index is -1.16. The molecular formula is C15H23NO5S. The largest absolute Gasteiger partial charge is 0.444 e. The van der Waals surface area contributed by atoms with Crippen LogP contribution >= 0.6 is 11.3 Å². The van der Waals surface area contributed by atoms with Crippen LogP contribution in [-0.2, 0) is 4.74 Å². The molecule has 1 rings (SSSR count). The third-order valence-corrected chi connectivity index (χ3v) is 3.84. The summed E-state index contributed by atoms with van der Waals surface area (Å²) in [5.41, 5.74) is -0.169. The van der Waals surface area contributed by atoms with Crippen molar-refractivity contribution in [3.05, 3.63) is 21.9 Å². The summed E-state index contributed by atoms with van der Waals surface area (Å²) >= 11 is 1.23. The summed E-state index contributed by atoms with van der Waals surface area (Å²) in [5, 5.41) is 24.3. The number of thiophene rings is 1. The zero-order chi connectivity index (χ0) is 16.9. The lowest BCUT2D eigenvalue weighted by atomic mass is 10.0. The Balaban J connectivity index is 2.48. The van der Waals surface area contributed by atoms with Crippen molar-refractivity contribution in [3.63, 3.8) is 0 Å². The number of Topliss-reactive ketones (excluding diaryl/α,β-unsaturated/α-hetero) is 1. The SMILES string of the molecule is CC(=O)c1sccc1C(O)C(O)CCNC(=O)OC(C)(C)C. The molecule has 0 aromatic carbocycles. The molecule has 6 nitrogen and oxygen atoms in total. The molecule has 124 valence electrons. The summed E-state index contributed by atoms with van der Waals surface area (Å²) in [6.45, 7) is 6.84. The van der Waals surface area contributed by atoms with Gasteiger partial charge in [-0.1, -0.05) is 0 Å². The first-order valence-electron chi connectivity index (χ1n) is 7.03. The smallest absolute Gasteiger partial charge is 0.407 e. The Kier molecular flexibility index (Phi) is 6.52. The number of nitrogens with one attached hydrogen (secondary N) is 1. The molecule has 0 saturated carbocycles. The van der Waals surface area contributed by atoms with Crippen LogP contribution in [0.5, 0.6) is 0 Å². The van der Waals surface area contributed by atoms with Crippen LogP contribution in [-0.4, -0.2) is 40.3 Å². The monoisotopic (exact) mass is 329 g/mol. The lowest BCUT2D eigenvalue weighted by Crippen LogP contribution is -2.34. The van der Waals surface area contributed by atoms with Gasteiger partial charge in [-0.2, -0.15) is 0 Å². The molecule has 1 aromatic heterocycles. The predicted octanol–water partition coefficient (Wildman–Crippen LogP) is 2.26. The molecule has 0 aliphatic heterocycles. The van der Waals surface area contributed by atoms with Crippen molar-refractivity contribution in [2.24, 2.45) is 0 Å². The van der Waals surface area contributed by atoms with E-state index in [9.17, 15) is 19.8 Å². The Hall–Kier alpha value is -1.44. The molecule has 0 aliphatic rings. The number of aliphatic hydroxyl groups excluding tert-OH is 2. The fourth-order valence-corrected chi connectivity index (χ4v) is 2.68. The van der Waals surface area contributed by atoms with Gasteiger partial charge in [0, 0.05) is 12.1 Å². The Morgan fingerprint density at radius 2 is 2.00 bits per heavy atom. The van der Waals surface area contributed by atoms with Gasteiger partial charge in [0.25, 0.3) is 0 Å². The third-order valence-electron chi connectivity index (χ3n) is 2.81. The maximum atomic E-state index is 11.5. The van der Waals surface area contributed by atoms with Crippen LogP contribution in [0.25, 0.3) is 0 Å². The molecule has 2 atom stereocenters. The molecule has 1 aromatic rings. The van der Waals surface area contributed by atoms with Crippen molar-refractivity contribution in [2.75, 3.05) is 6.54 Å². The number of alkyl carbamates (subject to hydrolysis) is 1. The lowest BCUT2D eigenvalue weighted by molar-refractivity contribution is 0.0122. The fraction of sp³-hybridized carbons (Fsp3) is 0.600. The van der Waals surface area contributed by atoms with Crippen LogP contribution < -0.4 is 5.32 Å². The van der Waals surface area contributed by atoms with E-state index in [1.54, 1.807) is 32.2 Å². The summed E-state index contributed by atoms with van der Waals surface area (Å²) in [7, 11) is 0. The molecule has 0 radical (unpaired) electrons. The molecule has 1 amide bonds.